The molecule has 0 spiro atoms. The van der Waals surface area contributed by atoms with E-state index in [0.29, 0.717) is 27.5 Å². The largest absolute Gasteiger partial charge is 0.417 e. The molecule has 0 aliphatic rings. The SMILES string of the molecule is O=C(Cn1cc(C(F)(F)F)cc(Cl)c1=O)Nc1ccc(Cl)cc1. The van der Waals surface area contributed by atoms with Crippen molar-refractivity contribution in [2.24, 2.45) is 0 Å². The number of hydrogen-bond acceptors (Lipinski definition) is 2. The Morgan fingerprint density at radius 3 is 2.35 bits per heavy atom. The van der Waals surface area contributed by atoms with Crippen molar-refractivity contribution in [2.45, 2.75) is 12.7 Å². The van der Waals surface area contributed by atoms with Crippen molar-refractivity contribution in [3.05, 3.63) is 62.5 Å². The van der Waals surface area contributed by atoms with Gasteiger partial charge in [-0.3, -0.25) is 9.59 Å². The first-order chi connectivity index (χ1) is 10.7. The van der Waals surface area contributed by atoms with Crippen LogP contribution in [0.15, 0.2) is 41.3 Å². The summed E-state index contributed by atoms with van der Waals surface area (Å²) in [5.74, 6) is -0.676. The fraction of sp³-hybridized carbons (Fsp3) is 0.143. The van der Waals surface area contributed by atoms with Crippen LogP contribution < -0.4 is 10.9 Å². The first-order valence-corrected chi connectivity index (χ1v) is 6.95. The molecule has 4 nitrogen and oxygen atoms in total. The number of rotatable bonds is 3. The van der Waals surface area contributed by atoms with Crippen LogP contribution in [0.4, 0.5) is 18.9 Å². The zero-order chi connectivity index (χ0) is 17.2. The van der Waals surface area contributed by atoms with Crippen LogP contribution in [0.3, 0.4) is 0 Å². The molecule has 122 valence electrons. The highest BCUT2D eigenvalue weighted by molar-refractivity contribution is 6.30. The number of alkyl halides is 3. The van der Waals surface area contributed by atoms with E-state index < -0.39 is 34.8 Å². The van der Waals surface area contributed by atoms with Crippen molar-refractivity contribution < 1.29 is 18.0 Å². The fourth-order valence-electron chi connectivity index (χ4n) is 1.76. The normalized spacial score (nSPS) is 11.3. The minimum absolute atomic E-state index is 0.394. The fourth-order valence-corrected chi connectivity index (χ4v) is 2.11. The molecule has 0 fully saturated rings. The maximum atomic E-state index is 12.7. The van der Waals surface area contributed by atoms with Gasteiger partial charge in [-0.1, -0.05) is 23.2 Å². The van der Waals surface area contributed by atoms with Gasteiger partial charge in [-0.15, -0.1) is 0 Å². The number of pyridine rings is 1. The molecule has 1 aromatic heterocycles. The van der Waals surface area contributed by atoms with Gasteiger partial charge in [0.1, 0.15) is 11.6 Å². The highest BCUT2D eigenvalue weighted by Gasteiger charge is 2.32. The van der Waals surface area contributed by atoms with E-state index in [4.69, 9.17) is 23.2 Å². The Morgan fingerprint density at radius 2 is 1.78 bits per heavy atom. The third-order valence-corrected chi connectivity index (χ3v) is 3.33. The molecule has 0 saturated heterocycles. The Balaban J connectivity index is 2.22. The number of carbonyl (C=O) groups is 1. The third-order valence-electron chi connectivity index (χ3n) is 2.81. The number of anilines is 1. The van der Waals surface area contributed by atoms with Gasteiger partial charge < -0.3 is 9.88 Å². The van der Waals surface area contributed by atoms with Gasteiger partial charge in [0.15, 0.2) is 0 Å². The number of carbonyl (C=O) groups excluding carboxylic acids is 1. The van der Waals surface area contributed by atoms with Gasteiger partial charge in [0, 0.05) is 16.9 Å². The Morgan fingerprint density at radius 1 is 1.17 bits per heavy atom. The first kappa shape index (κ1) is 17.4. The molecular weight excluding hydrogens is 356 g/mol. The highest BCUT2D eigenvalue weighted by atomic mass is 35.5. The van der Waals surface area contributed by atoms with Gasteiger partial charge >= 0.3 is 6.18 Å². The summed E-state index contributed by atoms with van der Waals surface area (Å²) in [6.45, 7) is -0.606. The monoisotopic (exact) mass is 364 g/mol. The number of halogens is 5. The molecule has 0 unspecified atom stereocenters. The van der Waals surface area contributed by atoms with Crippen LogP contribution in [0, 0.1) is 0 Å². The molecule has 9 heteroatoms. The minimum Gasteiger partial charge on any atom is -0.325 e. The summed E-state index contributed by atoms with van der Waals surface area (Å²) in [6, 6.07) is 6.62. The number of nitrogens with one attached hydrogen (secondary N) is 1. The number of hydrogen-bond donors (Lipinski definition) is 1. The number of amides is 1. The van der Waals surface area contributed by atoms with Gasteiger partial charge in [-0.25, -0.2) is 0 Å². The van der Waals surface area contributed by atoms with Crippen LogP contribution in [0.2, 0.25) is 10.0 Å². The molecule has 1 aromatic carbocycles. The molecule has 0 aliphatic heterocycles. The van der Waals surface area contributed by atoms with Crippen molar-refractivity contribution >= 4 is 34.8 Å². The Bertz CT molecular complexity index is 786. The molecule has 1 N–H and O–H groups in total. The first-order valence-electron chi connectivity index (χ1n) is 6.19. The lowest BCUT2D eigenvalue weighted by atomic mass is 10.2. The Hall–Kier alpha value is -1.99. The van der Waals surface area contributed by atoms with Gasteiger partial charge in [-0.05, 0) is 30.3 Å². The predicted octanol–water partition coefficient (Wildman–Crippen LogP) is 3.81. The van der Waals surface area contributed by atoms with Crippen molar-refractivity contribution in [1.82, 2.24) is 4.57 Å². The van der Waals surface area contributed by atoms with E-state index in [-0.39, 0.29) is 0 Å². The third kappa shape index (κ3) is 4.49. The Kier molecular flexibility index (Phi) is 5.01. The second-order valence-corrected chi connectivity index (χ2v) is 5.41. The highest BCUT2D eigenvalue weighted by Crippen LogP contribution is 2.29. The quantitative estimate of drug-likeness (QED) is 0.899. The maximum Gasteiger partial charge on any atom is 0.417 e. The van der Waals surface area contributed by atoms with Crippen molar-refractivity contribution in [1.29, 1.82) is 0 Å². The van der Waals surface area contributed by atoms with Gasteiger partial charge in [0.2, 0.25) is 5.91 Å². The topological polar surface area (TPSA) is 51.1 Å². The van der Waals surface area contributed by atoms with Crippen LogP contribution in [0.1, 0.15) is 5.56 Å². The van der Waals surface area contributed by atoms with Crippen molar-refractivity contribution in [3.63, 3.8) is 0 Å². The average Bonchev–Trinajstić information content (AvgIpc) is 2.45. The molecule has 23 heavy (non-hydrogen) atoms. The minimum atomic E-state index is -4.67. The smallest absolute Gasteiger partial charge is 0.325 e. The Labute approximate surface area is 138 Å². The van der Waals surface area contributed by atoms with Crippen LogP contribution in [0.25, 0.3) is 0 Å². The van der Waals surface area contributed by atoms with Gasteiger partial charge in [-0.2, -0.15) is 13.2 Å². The zero-order valence-electron chi connectivity index (χ0n) is 11.3. The van der Waals surface area contributed by atoms with Gasteiger partial charge in [0.25, 0.3) is 5.56 Å². The van der Waals surface area contributed by atoms with E-state index in [1.165, 1.54) is 24.3 Å². The molecule has 0 saturated carbocycles. The number of aromatic nitrogens is 1. The maximum absolute atomic E-state index is 12.7. The van der Waals surface area contributed by atoms with E-state index in [1.807, 2.05) is 0 Å². The lowest BCUT2D eigenvalue weighted by Crippen LogP contribution is -2.29. The molecule has 1 heterocycles. The lowest BCUT2D eigenvalue weighted by Gasteiger charge is -2.12. The van der Waals surface area contributed by atoms with E-state index >= 15 is 0 Å². The molecule has 1 amide bonds. The standard InChI is InChI=1S/C14H9Cl2F3N2O2/c15-9-1-3-10(4-2-9)20-12(22)7-21-6-8(14(17,18)19)5-11(16)13(21)23/h1-6H,7H2,(H,20,22). The van der Waals surface area contributed by atoms with Crippen LogP contribution in [-0.2, 0) is 17.5 Å². The van der Waals surface area contributed by atoms with Crippen LogP contribution >= 0.6 is 23.2 Å². The second-order valence-electron chi connectivity index (χ2n) is 4.56. The summed E-state index contributed by atoms with van der Waals surface area (Å²) in [5, 5.41) is 2.29. The summed E-state index contributed by atoms with van der Waals surface area (Å²) in [6.07, 6.45) is -4.12. The number of nitrogens with zero attached hydrogens (tertiary/aromatic N) is 1. The summed E-state index contributed by atoms with van der Waals surface area (Å²) < 4.78 is 38.8. The van der Waals surface area contributed by atoms with E-state index in [2.05, 4.69) is 5.32 Å². The molecule has 0 aliphatic carbocycles. The van der Waals surface area contributed by atoms with Crippen molar-refractivity contribution in [2.75, 3.05) is 5.32 Å². The molecular formula is C14H9Cl2F3N2O2. The second kappa shape index (κ2) is 6.64. The zero-order valence-corrected chi connectivity index (χ0v) is 12.8. The number of benzene rings is 1. The molecule has 0 atom stereocenters. The van der Waals surface area contributed by atoms with E-state index in [9.17, 15) is 22.8 Å². The van der Waals surface area contributed by atoms with E-state index in [0.717, 1.165) is 0 Å². The molecule has 2 aromatic rings. The predicted molar refractivity (Wildman–Crippen MR) is 80.8 cm³/mol. The summed E-state index contributed by atoms with van der Waals surface area (Å²) in [5.41, 5.74) is -1.60. The molecule has 2 rings (SSSR count). The average molecular weight is 365 g/mol. The van der Waals surface area contributed by atoms with Gasteiger partial charge in [0.05, 0.1) is 5.56 Å². The molecule has 0 radical (unpaired) electrons. The molecule has 0 bridgehead atoms. The van der Waals surface area contributed by atoms with Crippen LogP contribution in [-0.4, -0.2) is 10.5 Å². The lowest BCUT2D eigenvalue weighted by molar-refractivity contribution is -0.138. The van der Waals surface area contributed by atoms with Crippen molar-refractivity contribution in [3.8, 4) is 0 Å². The summed E-state index contributed by atoms with van der Waals surface area (Å²) >= 11 is 11.2. The van der Waals surface area contributed by atoms with E-state index in [1.54, 1.807) is 0 Å². The van der Waals surface area contributed by atoms with Crippen LogP contribution in [0.5, 0.6) is 0 Å². The summed E-state index contributed by atoms with van der Waals surface area (Å²) in [4.78, 5) is 23.6. The summed E-state index contributed by atoms with van der Waals surface area (Å²) in [7, 11) is 0.